The minimum atomic E-state index is -0.241. The monoisotopic (exact) mass is 223 g/mol. The van der Waals surface area contributed by atoms with E-state index in [4.69, 9.17) is 0 Å². The number of carbonyl (C=O) groups is 1. The van der Waals surface area contributed by atoms with Crippen molar-refractivity contribution in [2.45, 2.75) is 19.9 Å². The molecule has 0 aliphatic rings. The molecule has 0 N–H and O–H groups in total. The number of carbonyl (C=O) groups excluding carboxylic acids is 1. The van der Waals surface area contributed by atoms with Crippen LogP contribution in [0, 0.1) is 0 Å². The molecule has 0 spiro atoms. The summed E-state index contributed by atoms with van der Waals surface area (Å²) in [6, 6.07) is 0.0954. The fourth-order valence-electron chi connectivity index (χ4n) is 1.17. The molecule has 0 radical (unpaired) electrons. The predicted molar refractivity (Wildman–Crippen MR) is 53.7 cm³/mol. The standard InChI is InChI=1S/C8H9N5OS/c1-5(2)13-8(9-4-10-13)7(14)6-3-11-15-12-6/h3-5H,1-2H3. The summed E-state index contributed by atoms with van der Waals surface area (Å²) in [4.78, 5) is 15.8. The lowest BCUT2D eigenvalue weighted by atomic mass is 10.3. The molecule has 0 saturated heterocycles. The molecule has 78 valence electrons. The summed E-state index contributed by atoms with van der Waals surface area (Å²) in [6.45, 7) is 3.87. The van der Waals surface area contributed by atoms with Crippen LogP contribution in [0.1, 0.15) is 36.2 Å². The van der Waals surface area contributed by atoms with Crippen molar-refractivity contribution in [2.24, 2.45) is 0 Å². The summed E-state index contributed by atoms with van der Waals surface area (Å²) in [5.41, 5.74) is 0.315. The molecule has 0 aromatic carbocycles. The number of nitrogens with zero attached hydrogens (tertiary/aromatic N) is 5. The minimum absolute atomic E-state index is 0.0954. The highest BCUT2D eigenvalue weighted by Crippen LogP contribution is 2.09. The van der Waals surface area contributed by atoms with E-state index in [1.165, 1.54) is 12.5 Å². The van der Waals surface area contributed by atoms with Crippen LogP contribution in [0.4, 0.5) is 0 Å². The van der Waals surface area contributed by atoms with Crippen molar-refractivity contribution in [3.63, 3.8) is 0 Å². The van der Waals surface area contributed by atoms with Gasteiger partial charge in [0, 0.05) is 6.04 Å². The Morgan fingerprint density at radius 3 is 2.93 bits per heavy atom. The minimum Gasteiger partial charge on any atom is -0.283 e. The van der Waals surface area contributed by atoms with Crippen molar-refractivity contribution in [1.82, 2.24) is 23.5 Å². The van der Waals surface area contributed by atoms with Crippen LogP contribution in [0.2, 0.25) is 0 Å². The van der Waals surface area contributed by atoms with Gasteiger partial charge in [-0.15, -0.1) is 0 Å². The maximum Gasteiger partial charge on any atom is 0.251 e. The smallest absolute Gasteiger partial charge is 0.251 e. The normalized spacial score (nSPS) is 10.9. The maximum absolute atomic E-state index is 11.9. The Morgan fingerprint density at radius 2 is 2.33 bits per heavy atom. The average molecular weight is 223 g/mol. The fourth-order valence-corrected chi connectivity index (χ4v) is 1.58. The number of aromatic nitrogens is 5. The molecule has 2 rings (SSSR count). The van der Waals surface area contributed by atoms with Crippen LogP contribution in [0.3, 0.4) is 0 Å². The van der Waals surface area contributed by atoms with Gasteiger partial charge in [-0.05, 0) is 13.8 Å². The molecule has 0 atom stereocenters. The number of hydrogen-bond donors (Lipinski definition) is 0. The van der Waals surface area contributed by atoms with Crippen molar-refractivity contribution in [1.29, 1.82) is 0 Å². The first-order valence-corrected chi connectivity index (χ1v) is 5.15. The highest BCUT2D eigenvalue weighted by molar-refractivity contribution is 6.99. The summed E-state index contributed by atoms with van der Waals surface area (Å²) in [6.07, 6.45) is 2.80. The number of ketones is 1. The molecule has 0 unspecified atom stereocenters. The van der Waals surface area contributed by atoms with Gasteiger partial charge in [0.2, 0.25) is 5.82 Å². The lowest BCUT2D eigenvalue weighted by Crippen LogP contribution is -2.14. The fraction of sp³-hybridized carbons (Fsp3) is 0.375. The molecule has 0 bridgehead atoms. The Hall–Kier alpha value is -1.63. The quantitative estimate of drug-likeness (QED) is 0.724. The Morgan fingerprint density at radius 1 is 1.53 bits per heavy atom. The van der Waals surface area contributed by atoms with E-state index in [2.05, 4.69) is 18.8 Å². The van der Waals surface area contributed by atoms with Crippen LogP contribution in [0.5, 0.6) is 0 Å². The van der Waals surface area contributed by atoms with E-state index in [1.807, 2.05) is 13.8 Å². The highest BCUT2D eigenvalue weighted by atomic mass is 32.1. The summed E-state index contributed by atoms with van der Waals surface area (Å²) in [7, 11) is 0. The summed E-state index contributed by atoms with van der Waals surface area (Å²) >= 11 is 1.00. The molecule has 2 aromatic rings. The molecule has 15 heavy (non-hydrogen) atoms. The second-order valence-corrected chi connectivity index (χ2v) is 3.80. The van der Waals surface area contributed by atoms with Gasteiger partial charge in [-0.1, -0.05) is 0 Å². The Bertz CT molecular complexity index is 461. The third-order valence-electron chi connectivity index (χ3n) is 1.86. The van der Waals surface area contributed by atoms with Gasteiger partial charge >= 0.3 is 0 Å². The molecule has 0 amide bonds. The molecule has 0 aliphatic heterocycles. The van der Waals surface area contributed by atoms with Crippen molar-refractivity contribution < 1.29 is 4.79 Å². The van der Waals surface area contributed by atoms with Crippen molar-refractivity contribution in [2.75, 3.05) is 0 Å². The van der Waals surface area contributed by atoms with E-state index in [0.29, 0.717) is 11.5 Å². The van der Waals surface area contributed by atoms with Crippen molar-refractivity contribution in [3.8, 4) is 0 Å². The zero-order valence-corrected chi connectivity index (χ0v) is 9.10. The van der Waals surface area contributed by atoms with Crippen LogP contribution >= 0.6 is 11.7 Å². The van der Waals surface area contributed by atoms with Gasteiger partial charge in [-0.2, -0.15) is 13.8 Å². The molecule has 0 fully saturated rings. The van der Waals surface area contributed by atoms with Crippen LogP contribution < -0.4 is 0 Å². The van der Waals surface area contributed by atoms with E-state index in [-0.39, 0.29) is 11.8 Å². The number of rotatable bonds is 3. The molecule has 0 saturated carbocycles. The first-order chi connectivity index (χ1) is 7.20. The van der Waals surface area contributed by atoms with Crippen LogP contribution in [-0.4, -0.2) is 29.3 Å². The van der Waals surface area contributed by atoms with E-state index < -0.39 is 0 Å². The molecule has 0 aliphatic carbocycles. The molecule has 7 heteroatoms. The molecular weight excluding hydrogens is 214 g/mol. The largest absolute Gasteiger partial charge is 0.283 e. The third-order valence-corrected chi connectivity index (χ3v) is 2.34. The highest BCUT2D eigenvalue weighted by Gasteiger charge is 2.19. The van der Waals surface area contributed by atoms with Gasteiger partial charge in [0.1, 0.15) is 12.0 Å². The topological polar surface area (TPSA) is 73.6 Å². The maximum atomic E-state index is 11.9. The van der Waals surface area contributed by atoms with E-state index in [1.54, 1.807) is 4.68 Å². The zero-order chi connectivity index (χ0) is 10.8. The first kappa shape index (κ1) is 9.91. The molecule has 2 aromatic heterocycles. The van der Waals surface area contributed by atoms with Crippen LogP contribution in [0.25, 0.3) is 0 Å². The Balaban J connectivity index is 2.38. The van der Waals surface area contributed by atoms with Crippen LogP contribution in [-0.2, 0) is 0 Å². The third kappa shape index (κ3) is 1.78. The SMILES string of the molecule is CC(C)n1ncnc1C(=O)c1cnsn1. The van der Waals surface area contributed by atoms with E-state index in [9.17, 15) is 4.79 Å². The lowest BCUT2D eigenvalue weighted by molar-refractivity contribution is 0.101. The summed E-state index contributed by atoms with van der Waals surface area (Å²) in [5, 5.41) is 3.99. The Kier molecular flexibility index (Phi) is 2.55. The molecule has 6 nitrogen and oxygen atoms in total. The predicted octanol–water partition coefficient (Wildman–Crippen LogP) is 0.942. The zero-order valence-electron chi connectivity index (χ0n) is 8.28. The molecule has 2 heterocycles. The number of hydrogen-bond acceptors (Lipinski definition) is 6. The second kappa shape index (κ2) is 3.85. The Labute approximate surface area is 90.3 Å². The second-order valence-electron chi connectivity index (χ2n) is 3.24. The van der Waals surface area contributed by atoms with Gasteiger partial charge in [0.15, 0.2) is 0 Å². The van der Waals surface area contributed by atoms with Gasteiger partial charge in [0.25, 0.3) is 5.78 Å². The van der Waals surface area contributed by atoms with Crippen LogP contribution in [0.15, 0.2) is 12.5 Å². The van der Waals surface area contributed by atoms with Gasteiger partial charge in [0.05, 0.1) is 17.9 Å². The van der Waals surface area contributed by atoms with E-state index in [0.717, 1.165) is 11.7 Å². The summed E-state index contributed by atoms with van der Waals surface area (Å²) in [5.74, 6) is 0.0626. The van der Waals surface area contributed by atoms with Crippen molar-refractivity contribution in [3.05, 3.63) is 24.0 Å². The summed E-state index contributed by atoms with van der Waals surface area (Å²) < 4.78 is 9.22. The first-order valence-electron chi connectivity index (χ1n) is 4.42. The van der Waals surface area contributed by atoms with Gasteiger partial charge < -0.3 is 0 Å². The lowest BCUT2D eigenvalue weighted by Gasteiger charge is -2.06. The van der Waals surface area contributed by atoms with Gasteiger partial charge in [-0.3, -0.25) is 4.79 Å². The average Bonchev–Trinajstić information content (AvgIpc) is 2.88. The van der Waals surface area contributed by atoms with Crippen molar-refractivity contribution >= 4 is 17.5 Å². The van der Waals surface area contributed by atoms with E-state index >= 15 is 0 Å². The molecular formula is C8H9N5OS. The van der Waals surface area contributed by atoms with Gasteiger partial charge in [-0.25, -0.2) is 9.67 Å².